The van der Waals surface area contributed by atoms with E-state index in [4.69, 9.17) is 0 Å². The van der Waals surface area contributed by atoms with Crippen LogP contribution in [0.5, 0.6) is 0 Å². The molecule has 18 heavy (non-hydrogen) atoms. The molecule has 3 atom stereocenters. The summed E-state index contributed by atoms with van der Waals surface area (Å²) in [5.74, 6) is 2.32. The number of nitrogens with one attached hydrogen (secondary N) is 1. The fraction of sp³-hybridized carbons (Fsp3) is 0.571. The minimum atomic E-state index is 0.521. The molecule has 1 aliphatic carbocycles. The van der Waals surface area contributed by atoms with E-state index in [1.54, 1.807) is 0 Å². The van der Waals surface area contributed by atoms with Crippen LogP contribution in [0.2, 0.25) is 0 Å². The zero-order valence-corrected chi connectivity index (χ0v) is 11.0. The molecule has 4 heteroatoms. The van der Waals surface area contributed by atoms with Crippen molar-refractivity contribution in [3.8, 4) is 0 Å². The first-order chi connectivity index (χ1) is 8.78. The second kappa shape index (κ2) is 4.59. The molecule has 3 rings (SSSR count). The number of hydrogen-bond acceptors (Lipinski definition) is 3. The average molecular weight is 244 g/mol. The minimum absolute atomic E-state index is 0.521. The zero-order chi connectivity index (χ0) is 12.5. The van der Waals surface area contributed by atoms with Crippen molar-refractivity contribution in [2.24, 2.45) is 11.8 Å². The van der Waals surface area contributed by atoms with Gasteiger partial charge < -0.3 is 5.32 Å². The first kappa shape index (κ1) is 11.5. The summed E-state index contributed by atoms with van der Waals surface area (Å²) in [6.45, 7) is 4.63. The Labute approximate surface area is 107 Å². The maximum absolute atomic E-state index is 4.50. The van der Waals surface area contributed by atoms with Gasteiger partial charge in [0.2, 0.25) is 5.95 Å². The van der Waals surface area contributed by atoms with Gasteiger partial charge in [-0.15, -0.1) is 5.10 Å². The van der Waals surface area contributed by atoms with Crippen LogP contribution in [0.3, 0.4) is 0 Å². The quantitative estimate of drug-likeness (QED) is 0.902. The molecule has 1 aliphatic rings. The fourth-order valence-electron chi connectivity index (χ4n) is 3.09. The Bertz CT molecular complexity index is 500. The third-order valence-corrected chi connectivity index (χ3v) is 4.31. The average Bonchev–Trinajstić information content (AvgIpc) is 2.94. The van der Waals surface area contributed by atoms with E-state index in [1.165, 1.54) is 19.3 Å². The normalized spacial score (nSPS) is 27.8. The zero-order valence-electron chi connectivity index (χ0n) is 11.0. The number of anilines is 1. The number of hydrogen-bond donors (Lipinski definition) is 1. The topological polar surface area (TPSA) is 42.2 Å². The van der Waals surface area contributed by atoms with Gasteiger partial charge in [0, 0.05) is 12.2 Å². The molecule has 1 saturated carbocycles. The van der Waals surface area contributed by atoms with E-state index in [0.29, 0.717) is 12.0 Å². The molecule has 1 N–H and O–H groups in total. The van der Waals surface area contributed by atoms with E-state index in [-0.39, 0.29) is 0 Å². The van der Waals surface area contributed by atoms with E-state index in [2.05, 4.69) is 29.2 Å². The van der Waals surface area contributed by atoms with Crippen LogP contribution >= 0.6 is 0 Å². The molecule has 0 saturated heterocycles. The number of pyridine rings is 1. The lowest BCUT2D eigenvalue weighted by atomic mass is 9.94. The van der Waals surface area contributed by atoms with E-state index in [1.807, 2.05) is 28.9 Å². The fourth-order valence-corrected chi connectivity index (χ4v) is 3.09. The van der Waals surface area contributed by atoms with E-state index >= 15 is 0 Å². The molecule has 2 aromatic rings. The Hall–Kier alpha value is -1.58. The lowest BCUT2D eigenvalue weighted by molar-refractivity contribution is 0.391. The number of fused-ring (bicyclic) bond motifs is 1. The highest BCUT2D eigenvalue weighted by Crippen LogP contribution is 2.35. The highest BCUT2D eigenvalue weighted by atomic mass is 15.3. The molecule has 0 bridgehead atoms. The van der Waals surface area contributed by atoms with Crippen LogP contribution in [-0.2, 0) is 0 Å². The first-order valence-electron chi connectivity index (χ1n) is 6.86. The maximum atomic E-state index is 4.50. The molecule has 0 spiro atoms. The Balaban J connectivity index is 1.76. The van der Waals surface area contributed by atoms with Gasteiger partial charge in [-0.1, -0.05) is 26.3 Å². The predicted octanol–water partition coefficient (Wildman–Crippen LogP) is 2.97. The smallest absolute Gasteiger partial charge is 0.243 e. The summed E-state index contributed by atoms with van der Waals surface area (Å²) in [7, 11) is 0. The van der Waals surface area contributed by atoms with Gasteiger partial charge in [0.1, 0.15) is 0 Å². The molecule has 4 nitrogen and oxygen atoms in total. The highest BCUT2D eigenvalue weighted by Gasteiger charge is 2.31. The largest absolute Gasteiger partial charge is 0.350 e. The lowest BCUT2D eigenvalue weighted by Gasteiger charge is -2.19. The van der Waals surface area contributed by atoms with Crippen molar-refractivity contribution in [3.63, 3.8) is 0 Å². The van der Waals surface area contributed by atoms with Crippen molar-refractivity contribution in [1.29, 1.82) is 0 Å². The molecule has 0 aliphatic heterocycles. The van der Waals surface area contributed by atoms with Crippen LogP contribution in [0.25, 0.3) is 5.65 Å². The second-order valence-corrected chi connectivity index (χ2v) is 5.29. The van der Waals surface area contributed by atoms with E-state index in [9.17, 15) is 0 Å². The summed E-state index contributed by atoms with van der Waals surface area (Å²) in [4.78, 5) is 4.50. The standard InChI is InChI=1S/C14H20N4/c1-3-11-7-8-12(10(11)2)15-14-16-13-6-4-5-9-18(13)17-14/h4-6,9-12H,3,7-8H2,1-2H3,(H,15,17). The summed E-state index contributed by atoms with van der Waals surface area (Å²) < 4.78 is 1.82. The van der Waals surface area contributed by atoms with Gasteiger partial charge in [0.15, 0.2) is 5.65 Å². The number of nitrogens with zero attached hydrogens (tertiary/aromatic N) is 3. The van der Waals surface area contributed by atoms with Crippen molar-refractivity contribution in [2.45, 2.75) is 39.2 Å². The van der Waals surface area contributed by atoms with Crippen molar-refractivity contribution < 1.29 is 0 Å². The molecule has 0 radical (unpaired) electrons. The van der Waals surface area contributed by atoms with Gasteiger partial charge in [0.25, 0.3) is 0 Å². The van der Waals surface area contributed by atoms with Crippen molar-refractivity contribution in [3.05, 3.63) is 24.4 Å². The third kappa shape index (κ3) is 1.96. The van der Waals surface area contributed by atoms with Gasteiger partial charge in [-0.05, 0) is 36.8 Å². The highest BCUT2D eigenvalue weighted by molar-refractivity contribution is 5.43. The van der Waals surface area contributed by atoms with Crippen molar-refractivity contribution in [2.75, 3.05) is 5.32 Å². The first-order valence-corrected chi connectivity index (χ1v) is 6.86. The molecule has 96 valence electrons. The molecular weight excluding hydrogens is 224 g/mol. The summed E-state index contributed by atoms with van der Waals surface area (Å²) in [5, 5.41) is 7.96. The van der Waals surface area contributed by atoms with Gasteiger partial charge in [-0.2, -0.15) is 4.98 Å². The van der Waals surface area contributed by atoms with Crippen LogP contribution < -0.4 is 5.32 Å². The third-order valence-electron chi connectivity index (χ3n) is 4.31. The van der Waals surface area contributed by atoms with Gasteiger partial charge >= 0.3 is 0 Å². The Morgan fingerprint density at radius 3 is 3.00 bits per heavy atom. The Kier molecular flexibility index (Phi) is 2.94. The molecule has 0 amide bonds. The number of rotatable bonds is 3. The van der Waals surface area contributed by atoms with Gasteiger partial charge in [-0.3, -0.25) is 0 Å². The summed E-state index contributed by atoms with van der Waals surface area (Å²) >= 11 is 0. The SMILES string of the molecule is CCC1CCC(Nc2nc3ccccn3n2)C1C. The van der Waals surface area contributed by atoms with Crippen LogP contribution in [-0.4, -0.2) is 20.6 Å². The van der Waals surface area contributed by atoms with Gasteiger partial charge in [0.05, 0.1) is 0 Å². The summed E-state index contributed by atoms with van der Waals surface area (Å²) in [5.41, 5.74) is 0.901. The van der Waals surface area contributed by atoms with E-state index < -0.39 is 0 Å². The van der Waals surface area contributed by atoms with Crippen LogP contribution in [0.1, 0.15) is 33.1 Å². The summed E-state index contributed by atoms with van der Waals surface area (Å²) in [6.07, 6.45) is 5.76. The number of aromatic nitrogens is 3. The Morgan fingerprint density at radius 1 is 1.39 bits per heavy atom. The predicted molar refractivity (Wildman–Crippen MR) is 72.6 cm³/mol. The molecule has 0 aromatic carbocycles. The monoisotopic (exact) mass is 244 g/mol. The van der Waals surface area contributed by atoms with E-state index in [0.717, 1.165) is 17.5 Å². The molecule has 2 aromatic heterocycles. The lowest BCUT2D eigenvalue weighted by Crippen LogP contribution is -2.25. The summed E-state index contributed by atoms with van der Waals surface area (Å²) in [6, 6.07) is 6.45. The van der Waals surface area contributed by atoms with Crippen LogP contribution in [0.4, 0.5) is 5.95 Å². The van der Waals surface area contributed by atoms with Crippen LogP contribution in [0.15, 0.2) is 24.4 Å². The molecule has 1 fully saturated rings. The van der Waals surface area contributed by atoms with Crippen LogP contribution in [0, 0.1) is 11.8 Å². The molecule has 2 heterocycles. The van der Waals surface area contributed by atoms with Crippen molar-refractivity contribution in [1.82, 2.24) is 14.6 Å². The minimum Gasteiger partial charge on any atom is -0.350 e. The molecule has 3 unspecified atom stereocenters. The van der Waals surface area contributed by atoms with Gasteiger partial charge in [-0.25, -0.2) is 4.52 Å². The van der Waals surface area contributed by atoms with Crippen molar-refractivity contribution >= 4 is 11.6 Å². The Morgan fingerprint density at radius 2 is 2.28 bits per heavy atom. The second-order valence-electron chi connectivity index (χ2n) is 5.29. The maximum Gasteiger partial charge on any atom is 0.243 e. The molecular formula is C14H20N4.